The third kappa shape index (κ3) is 2.56. The summed E-state index contributed by atoms with van der Waals surface area (Å²) in [4.78, 5) is 14.7. The van der Waals surface area contributed by atoms with Gasteiger partial charge in [0.05, 0.1) is 0 Å². The Bertz CT molecular complexity index is 602. The van der Waals surface area contributed by atoms with E-state index in [-0.39, 0.29) is 11.9 Å². The molecule has 1 aliphatic carbocycles. The molecule has 2 unspecified atom stereocenters. The molecule has 4 nitrogen and oxygen atoms in total. The largest absolute Gasteiger partial charge is 0.451 e. The number of benzene rings is 1. The van der Waals surface area contributed by atoms with Crippen LogP contribution in [-0.2, 0) is 0 Å². The van der Waals surface area contributed by atoms with Crippen molar-refractivity contribution in [3.63, 3.8) is 0 Å². The van der Waals surface area contributed by atoms with Crippen LogP contribution in [0.15, 0.2) is 34.7 Å². The average Bonchev–Trinajstić information content (AvgIpc) is 3.14. The summed E-state index contributed by atoms with van der Waals surface area (Å²) in [5.41, 5.74) is 6.62. The molecule has 1 aromatic heterocycles. The summed E-state index contributed by atoms with van der Waals surface area (Å²) in [6.45, 7) is 3.36. The van der Waals surface area contributed by atoms with Gasteiger partial charge in [-0.25, -0.2) is 0 Å². The first kappa shape index (κ1) is 14.1. The van der Waals surface area contributed by atoms with Crippen molar-refractivity contribution in [2.24, 2.45) is 11.7 Å². The lowest BCUT2D eigenvalue weighted by Gasteiger charge is -2.31. The molecule has 1 amide bonds. The summed E-state index contributed by atoms with van der Waals surface area (Å²) in [5.74, 6) is 0.832. The van der Waals surface area contributed by atoms with E-state index >= 15 is 0 Å². The maximum Gasteiger partial charge on any atom is 0.289 e. The van der Waals surface area contributed by atoms with Crippen LogP contribution >= 0.6 is 0 Å². The Kier molecular flexibility index (Phi) is 3.97. The molecule has 1 aromatic carbocycles. The van der Waals surface area contributed by atoms with Crippen molar-refractivity contribution < 1.29 is 9.21 Å². The van der Waals surface area contributed by atoms with Crippen LogP contribution in [0.3, 0.4) is 0 Å². The maximum atomic E-state index is 12.8. The van der Waals surface area contributed by atoms with Gasteiger partial charge in [0, 0.05) is 18.0 Å². The van der Waals surface area contributed by atoms with E-state index in [9.17, 15) is 4.79 Å². The van der Waals surface area contributed by atoms with Crippen molar-refractivity contribution in [2.45, 2.75) is 32.2 Å². The van der Waals surface area contributed by atoms with Crippen LogP contribution in [0.1, 0.15) is 36.7 Å². The van der Waals surface area contributed by atoms with Crippen molar-refractivity contribution in [1.82, 2.24) is 4.90 Å². The summed E-state index contributed by atoms with van der Waals surface area (Å²) in [6.07, 6.45) is 3.31. The molecular formula is C17H22N2O2. The van der Waals surface area contributed by atoms with E-state index in [1.165, 1.54) is 0 Å². The van der Waals surface area contributed by atoms with Gasteiger partial charge in [0.2, 0.25) is 0 Å². The van der Waals surface area contributed by atoms with Gasteiger partial charge in [-0.3, -0.25) is 4.79 Å². The van der Waals surface area contributed by atoms with E-state index in [4.69, 9.17) is 10.2 Å². The van der Waals surface area contributed by atoms with Crippen LogP contribution in [-0.4, -0.2) is 29.9 Å². The van der Waals surface area contributed by atoms with Gasteiger partial charge in [-0.05, 0) is 44.4 Å². The Hall–Kier alpha value is -1.81. The van der Waals surface area contributed by atoms with Gasteiger partial charge in [-0.15, -0.1) is 0 Å². The van der Waals surface area contributed by atoms with Crippen molar-refractivity contribution >= 4 is 16.9 Å². The van der Waals surface area contributed by atoms with E-state index in [0.717, 1.165) is 30.2 Å². The quantitative estimate of drug-likeness (QED) is 0.939. The second-order valence-corrected chi connectivity index (χ2v) is 5.73. The number of carbonyl (C=O) groups is 1. The number of carbonyl (C=O) groups excluding carboxylic acids is 1. The first-order chi connectivity index (χ1) is 10.2. The number of amides is 1. The van der Waals surface area contributed by atoms with Crippen molar-refractivity contribution in [3.8, 4) is 0 Å². The molecule has 2 aromatic rings. The number of hydrogen-bond acceptors (Lipinski definition) is 3. The summed E-state index contributed by atoms with van der Waals surface area (Å²) in [6, 6.07) is 9.81. The second kappa shape index (κ2) is 5.90. The Morgan fingerprint density at radius 2 is 2.19 bits per heavy atom. The fourth-order valence-electron chi connectivity index (χ4n) is 3.46. The van der Waals surface area contributed by atoms with Gasteiger partial charge in [0.1, 0.15) is 5.58 Å². The number of fused-ring (bicyclic) bond motifs is 1. The van der Waals surface area contributed by atoms with E-state index in [1.54, 1.807) is 0 Å². The maximum absolute atomic E-state index is 12.8. The number of rotatable bonds is 4. The summed E-state index contributed by atoms with van der Waals surface area (Å²) in [7, 11) is 0. The molecule has 1 aliphatic rings. The first-order valence-electron chi connectivity index (χ1n) is 7.74. The van der Waals surface area contributed by atoms with E-state index in [0.29, 0.717) is 24.8 Å². The second-order valence-electron chi connectivity index (χ2n) is 5.73. The van der Waals surface area contributed by atoms with Crippen LogP contribution in [0.5, 0.6) is 0 Å². The Labute approximate surface area is 124 Å². The average molecular weight is 286 g/mol. The Morgan fingerprint density at radius 3 is 2.90 bits per heavy atom. The predicted molar refractivity (Wildman–Crippen MR) is 83.1 cm³/mol. The summed E-state index contributed by atoms with van der Waals surface area (Å²) >= 11 is 0. The zero-order valence-corrected chi connectivity index (χ0v) is 12.4. The highest BCUT2D eigenvalue weighted by atomic mass is 16.3. The summed E-state index contributed by atoms with van der Waals surface area (Å²) in [5, 5.41) is 0.971. The fourth-order valence-corrected chi connectivity index (χ4v) is 3.46. The highest BCUT2D eigenvalue weighted by Crippen LogP contribution is 2.31. The fraction of sp³-hybridized carbons (Fsp3) is 0.471. The van der Waals surface area contributed by atoms with Crippen LogP contribution < -0.4 is 5.73 Å². The van der Waals surface area contributed by atoms with Gasteiger partial charge in [0.25, 0.3) is 5.91 Å². The van der Waals surface area contributed by atoms with Crippen LogP contribution in [0.25, 0.3) is 11.0 Å². The zero-order valence-electron chi connectivity index (χ0n) is 12.4. The highest BCUT2D eigenvalue weighted by Gasteiger charge is 2.34. The zero-order chi connectivity index (χ0) is 14.8. The highest BCUT2D eigenvalue weighted by molar-refractivity contribution is 5.96. The SMILES string of the molecule is CCN(C(=O)c1cc2ccccc2o1)C1CCCC1CN. The number of nitrogens with zero attached hydrogens (tertiary/aromatic N) is 1. The molecule has 0 saturated heterocycles. The van der Waals surface area contributed by atoms with Gasteiger partial charge >= 0.3 is 0 Å². The topological polar surface area (TPSA) is 59.5 Å². The number of nitrogens with two attached hydrogens (primary N) is 1. The molecule has 0 bridgehead atoms. The van der Waals surface area contributed by atoms with E-state index < -0.39 is 0 Å². The lowest BCUT2D eigenvalue weighted by atomic mass is 10.0. The summed E-state index contributed by atoms with van der Waals surface area (Å²) < 4.78 is 5.72. The lowest BCUT2D eigenvalue weighted by molar-refractivity contribution is 0.0622. The minimum absolute atomic E-state index is 0.0148. The van der Waals surface area contributed by atoms with Crippen LogP contribution in [0.2, 0.25) is 0 Å². The van der Waals surface area contributed by atoms with E-state index in [2.05, 4.69) is 0 Å². The standard InChI is InChI=1S/C17H22N2O2/c1-2-19(14-8-5-7-13(14)11-18)17(20)16-10-12-6-3-4-9-15(12)21-16/h3-4,6,9-10,13-14H,2,5,7-8,11,18H2,1H3. The Balaban J connectivity index is 1.87. The minimum Gasteiger partial charge on any atom is -0.451 e. The molecule has 1 heterocycles. The van der Waals surface area contributed by atoms with Crippen molar-refractivity contribution in [2.75, 3.05) is 13.1 Å². The molecule has 1 saturated carbocycles. The van der Waals surface area contributed by atoms with Crippen LogP contribution in [0.4, 0.5) is 0 Å². The molecular weight excluding hydrogens is 264 g/mol. The molecule has 21 heavy (non-hydrogen) atoms. The monoisotopic (exact) mass is 286 g/mol. The van der Waals surface area contributed by atoms with Gasteiger partial charge in [-0.2, -0.15) is 0 Å². The third-order valence-electron chi connectivity index (χ3n) is 4.56. The first-order valence-corrected chi connectivity index (χ1v) is 7.74. The molecule has 3 rings (SSSR count). The van der Waals surface area contributed by atoms with Crippen LogP contribution in [0, 0.1) is 5.92 Å². The molecule has 2 N–H and O–H groups in total. The normalized spacial score (nSPS) is 21.8. The van der Waals surface area contributed by atoms with Gasteiger partial charge < -0.3 is 15.1 Å². The van der Waals surface area contributed by atoms with Crippen molar-refractivity contribution in [3.05, 3.63) is 36.1 Å². The third-order valence-corrected chi connectivity index (χ3v) is 4.56. The van der Waals surface area contributed by atoms with Crippen molar-refractivity contribution in [1.29, 1.82) is 0 Å². The minimum atomic E-state index is -0.0148. The molecule has 0 spiro atoms. The number of hydrogen-bond donors (Lipinski definition) is 1. The van der Waals surface area contributed by atoms with Gasteiger partial charge in [0.15, 0.2) is 5.76 Å². The molecule has 0 radical (unpaired) electrons. The number of furan rings is 1. The number of para-hydroxylation sites is 1. The van der Waals surface area contributed by atoms with E-state index in [1.807, 2.05) is 42.2 Å². The Morgan fingerprint density at radius 1 is 1.38 bits per heavy atom. The molecule has 112 valence electrons. The molecule has 0 aliphatic heterocycles. The lowest BCUT2D eigenvalue weighted by Crippen LogP contribution is -2.44. The predicted octanol–water partition coefficient (Wildman–Crippen LogP) is 3.02. The molecule has 1 fully saturated rings. The van der Waals surface area contributed by atoms with Gasteiger partial charge in [-0.1, -0.05) is 24.6 Å². The molecule has 4 heteroatoms. The molecule has 2 atom stereocenters. The smallest absolute Gasteiger partial charge is 0.289 e.